The summed E-state index contributed by atoms with van der Waals surface area (Å²) >= 11 is 0. The average Bonchev–Trinajstić information content (AvgIpc) is 1.87. The van der Waals surface area contributed by atoms with E-state index in [1.807, 2.05) is 13.8 Å². The van der Waals surface area contributed by atoms with Gasteiger partial charge in [-0.15, -0.1) is 0 Å². The van der Waals surface area contributed by atoms with Crippen molar-refractivity contribution in [3.63, 3.8) is 0 Å². The fraction of sp³-hybridized carbons (Fsp3) is 1.00. The summed E-state index contributed by atoms with van der Waals surface area (Å²) in [5, 5.41) is 0. The number of rotatable bonds is 1. The summed E-state index contributed by atoms with van der Waals surface area (Å²) in [6.45, 7) is 8.41. The molecular formula is C9H21N. The molecule has 0 amide bonds. The van der Waals surface area contributed by atoms with Crippen molar-refractivity contribution in [3.8, 4) is 0 Å². The van der Waals surface area contributed by atoms with Crippen molar-refractivity contribution < 1.29 is 0 Å². The van der Waals surface area contributed by atoms with Crippen molar-refractivity contribution >= 4 is 0 Å². The molecule has 0 bridgehead atoms. The lowest BCUT2D eigenvalue weighted by atomic mass is 9.70. The van der Waals surface area contributed by atoms with Gasteiger partial charge in [0.1, 0.15) is 0 Å². The van der Waals surface area contributed by atoms with E-state index in [9.17, 15) is 0 Å². The second-order valence-corrected chi connectivity index (χ2v) is 3.24. The molecule has 1 nitrogen and oxygen atoms in total. The van der Waals surface area contributed by atoms with E-state index in [0.29, 0.717) is 5.92 Å². The minimum absolute atomic E-state index is 0.222. The molecular weight excluding hydrogens is 122 g/mol. The van der Waals surface area contributed by atoms with Crippen LogP contribution in [0.25, 0.3) is 0 Å². The highest BCUT2D eigenvalue weighted by molar-refractivity contribution is 4.94. The molecule has 1 heteroatoms. The first-order valence-corrected chi connectivity index (χ1v) is 4.44. The third kappa shape index (κ3) is 1.98. The van der Waals surface area contributed by atoms with Crippen LogP contribution in [0.4, 0.5) is 0 Å². The highest BCUT2D eigenvalue weighted by Crippen LogP contribution is 2.35. The molecule has 0 aromatic heterocycles. The topological polar surface area (TPSA) is 26.0 Å². The van der Waals surface area contributed by atoms with Crippen molar-refractivity contribution in [2.24, 2.45) is 11.7 Å². The van der Waals surface area contributed by atoms with E-state index in [1.54, 1.807) is 0 Å². The van der Waals surface area contributed by atoms with Gasteiger partial charge in [0.15, 0.2) is 0 Å². The van der Waals surface area contributed by atoms with Gasteiger partial charge in [-0.05, 0) is 25.2 Å². The van der Waals surface area contributed by atoms with Crippen molar-refractivity contribution in [2.45, 2.75) is 52.5 Å². The quantitative estimate of drug-likeness (QED) is 0.600. The van der Waals surface area contributed by atoms with Crippen molar-refractivity contribution in [1.29, 1.82) is 0 Å². The van der Waals surface area contributed by atoms with Crippen LogP contribution in [-0.2, 0) is 0 Å². The lowest BCUT2D eigenvalue weighted by Gasteiger charge is -2.41. The molecule has 1 rings (SSSR count). The van der Waals surface area contributed by atoms with Gasteiger partial charge in [0.2, 0.25) is 0 Å². The Morgan fingerprint density at radius 2 is 1.60 bits per heavy atom. The van der Waals surface area contributed by atoms with Crippen LogP contribution < -0.4 is 5.73 Å². The van der Waals surface area contributed by atoms with Crippen LogP contribution >= 0.6 is 0 Å². The Labute approximate surface area is 65.0 Å². The lowest BCUT2D eigenvalue weighted by molar-refractivity contribution is 0.177. The second kappa shape index (κ2) is 3.97. The van der Waals surface area contributed by atoms with Crippen molar-refractivity contribution in [2.75, 3.05) is 0 Å². The molecule has 1 aliphatic rings. The minimum Gasteiger partial charge on any atom is -0.325 e. The molecule has 0 aliphatic heterocycles. The van der Waals surface area contributed by atoms with Gasteiger partial charge in [-0.1, -0.05) is 27.7 Å². The Morgan fingerprint density at radius 3 is 1.60 bits per heavy atom. The molecule has 0 aromatic carbocycles. The largest absolute Gasteiger partial charge is 0.325 e. The summed E-state index contributed by atoms with van der Waals surface area (Å²) < 4.78 is 0. The van der Waals surface area contributed by atoms with Gasteiger partial charge in [0, 0.05) is 5.54 Å². The van der Waals surface area contributed by atoms with Gasteiger partial charge in [0.05, 0.1) is 0 Å². The summed E-state index contributed by atoms with van der Waals surface area (Å²) in [5.41, 5.74) is 6.17. The van der Waals surface area contributed by atoms with Gasteiger partial charge < -0.3 is 5.73 Å². The van der Waals surface area contributed by atoms with E-state index in [4.69, 9.17) is 5.73 Å². The fourth-order valence-electron chi connectivity index (χ4n) is 1.16. The molecule has 0 saturated heterocycles. The molecule has 1 aliphatic carbocycles. The number of nitrogens with two attached hydrogens (primary N) is 1. The molecule has 0 atom stereocenters. The molecule has 0 unspecified atom stereocenters. The lowest BCUT2D eigenvalue weighted by Crippen LogP contribution is -2.50. The molecule has 0 heterocycles. The molecule has 1 fully saturated rings. The van der Waals surface area contributed by atoms with Gasteiger partial charge in [0.25, 0.3) is 0 Å². The van der Waals surface area contributed by atoms with Gasteiger partial charge >= 0.3 is 0 Å². The van der Waals surface area contributed by atoms with Crippen LogP contribution in [0.3, 0.4) is 0 Å². The van der Waals surface area contributed by atoms with E-state index in [2.05, 4.69) is 13.8 Å². The zero-order valence-corrected chi connectivity index (χ0v) is 7.78. The second-order valence-electron chi connectivity index (χ2n) is 3.24. The van der Waals surface area contributed by atoms with Crippen LogP contribution in [0, 0.1) is 5.92 Å². The normalized spacial score (nSPS) is 21.0. The Hall–Kier alpha value is -0.0400. The number of hydrogen-bond acceptors (Lipinski definition) is 1. The summed E-state index contributed by atoms with van der Waals surface area (Å²) in [5.74, 6) is 0.677. The average molecular weight is 143 g/mol. The Kier molecular flexibility index (Phi) is 3.95. The van der Waals surface area contributed by atoms with Crippen LogP contribution in [0.5, 0.6) is 0 Å². The summed E-state index contributed by atoms with van der Waals surface area (Å²) in [4.78, 5) is 0. The van der Waals surface area contributed by atoms with Crippen LogP contribution in [0.1, 0.15) is 47.0 Å². The third-order valence-electron chi connectivity index (χ3n) is 2.43. The van der Waals surface area contributed by atoms with Gasteiger partial charge in [-0.3, -0.25) is 0 Å². The molecule has 2 N–H and O–H groups in total. The smallest absolute Gasteiger partial charge is 0.0177 e. The SMILES string of the molecule is CC.CC(C)C1(N)CCC1. The molecule has 1 saturated carbocycles. The van der Waals surface area contributed by atoms with Crippen LogP contribution in [0.15, 0.2) is 0 Å². The van der Waals surface area contributed by atoms with Crippen molar-refractivity contribution in [1.82, 2.24) is 0 Å². The highest BCUT2D eigenvalue weighted by Gasteiger charge is 2.35. The molecule has 0 spiro atoms. The summed E-state index contributed by atoms with van der Waals surface area (Å²) in [6.07, 6.45) is 3.82. The van der Waals surface area contributed by atoms with Gasteiger partial charge in [-0.25, -0.2) is 0 Å². The Balaban J connectivity index is 0.000000371. The molecule has 0 radical (unpaired) electrons. The van der Waals surface area contributed by atoms with Crippen LogP contribution in [0.2, 0.25) is 0 Å². The summed E-state index contributed by atoms with van der Waals surface area (Å²) in [6, 6.07) is 0. The fourth-order valence-corrected chi connectivity index (χ4v) is 1.16. The van der Waals surface area contributed by atoms with Crippen LogP contribution in [-0.4, -0.2) is 5.54 Å². The Bertz CT molecular complexity index is 82.7. The maximum atomic E-state index is 5.95. The maximum Gasteiger partial charge on any atom is 0.0177 e. The van der Waals surface area contributed by atoms with E-state index in [0.717, 1.165) is 0 Å². The third-order valence-corrected chi connectivity index (χ3v) is 2.43. The van der Waals surface area contributed by atoms with E-state index >= 15 is 0 Å². The molecule has 10 heavy (non-hydrogen) atoms. The molecule has 62 valence electrons. The maximum absolute atomic E-state index is 5.95. The molecule has 0 aromatic rings. The zero-order valence-electron chi connectivity index (χ0n) is 7.78. The highest BCUT2D eigenvalue weighted by atomic mass is 14.8. The van der Waals surface area contributed by atoms with Crippen molar-refractivity contribution in [3.05, 3.63) is 0 Å². The predicted molar refractivity (Wildman–Crippen MR) is 47.0 cm³/mol. The first-order chi connectivity index (χ1) is 4.65. The monoisotopic (exact) mass is 143 g/mol. The predicted octanol–water partition coefficient (Wildman–Crippen LogP) is 2.55. The zero-order chi connectivity index (χ0) is 8.20. The standard InChI is InChI=1S/C7H15N.C2H6/c1-6(2)7(8)4-3-5-7;1-2/h6H,3-5,8H2,1-2H3;1-2H3. The van der Waals surface area contributed by atoms with E-state index < -0.39 is 0 Å². The van der Waals surface area contributed by atoms with E-state index in [1.165, 1.54) is 19.3 Å². The minimum atomic E-state index is 0.222. The van der Waals surface area contributed by atoms with Gasteiger partial charge in [-0.2, -0.15) is 0 Å². The first kappa shape index (κ1) is 9.96. The summed E-state index contributed by atoms with van der Waals surface area (Å²) in [7, 11) is 0. The Morgan fingerprint density at radius 1 is 1.20 bits per heavy atom. The van der Waals surface area contributed by atoms with E-state index in [-0.39, 0.29) is 5.54 Å². The number of hydrogen-bond donors (Lipinski definition) is 1. The first-order valence-electron chi connectivity index (χ1n) is 4.44.